The van der Waals surface area contributed by atoms with Crippen LogP contribution in [0.4, 0.5) is 0 Å². The van der Waals surface area contributed by atoms with Crippen molar-refractivity contribution < 1.29 is 13.2 Å². The molecule has 6 heteroatoms. The number of hydrogen-bond acceptors (Lipinski definition) is 3. The van der Waals surface area contributed by atoms with E-state index < -0.39 is 9.05 Å². The van der Waals surface area contributed by atoms with Crippen LogP contribution in [0.25, 0.3) is 0 Å². The van der Waals surface area contributed by atoms with Crippen LogP contribution in [0.3, 0.4) is 0 Å². The molecule has 0 bridgehead atoms. The van der Waals surface area contributed by atoms with Gasteiger partial charge in [0.2, 0.25) is 9.05 Å². The first-order valence-electron chi connectivity index (χ1n) is 6.03. The lowest BCUT2D eigenvalue weighted by molar-refractivity contribution is 0.0792. The van der Waals surface area contributed by atoms with Crippen molar-refractivity contribution in [2.75, 3.05) is 12.4 Å². The molecule has 0 saturated heterocycles. The molecule has 0 heterocycles. The van der Waals surface area contributed by atoms with Crippen LogP contribution in [-0.2, 0) is 20.4 Å². The molecular weight excluding hydrogens is 307 g/mol. The molecule has 108 valence electrons. The normalized spacial score (nSPS) is 13.7. The Kier molecular flexibility index (Phi) is 6.60. The van der Waals surface area contributed by atoms with Crippen LogP contribution in [0.15, 0.2) is 24.3 Å². The molecule has 0 aromatic heterocycles. The Bertz CT molecular complexity index is 500. The van der Waals surface area contributed by atoms with Gasteiger partial charge in [0, 0.05) is 15.7 Å². The summed E-state index contributed by atoms with van der Waals surface area (Å²) in [7, 11) is 1.78. The van der Waals surface area contributed by atoms with Crippen LogP contribution < -0.4 is 0 Å². The molecule has 1 atom stereocenters. The molecule has 0 radical (unpaired) electrons. The van der Waals surface area contributed by atoms with Crippen molar-refractivity contribution in [2.45, 2.75) is 20.5 Å². The van der Waals surface area contributed by atoms with E-state index in [0.29, 0.717) is 18.2 Å². The van der Waals surface area contributed by atoms with E-state index in [2.05, 4.69) is 0 Å². The zero-order valence-corrected chi connectivity index (χ0v) is 13.3. The van der Waals surface area contributed by atoms with Crippen LogP contribution in [0.5, 0.6) is 0 Å². The van der Waals surface area contributed by atoms with Crippen molar-refractivity contribution in [2.24, 2.45) is 11.8 Å². The summed E-state index contributed by atoms with van der Waals surface area (Å²) in [4.78, 5) is 0. The van der Waals surface area contributed by atoms with Crippen LogP contribution in [0, 0.1) is 11.8 Å². The summed E-state index contributed by atoms with van der Waals surface area (Å²) in [6, 6.07) is 7.41. The number of hydrogen-bond donors (Lipinski definition) is 0. The summed E-state index contributed by atoms with van der Waals surface area (Å²) >= 11 is 6.01. The van der Waals surface area contributed by atoms with Gasteiger partial charge in [-0.15, -0.1) is 0 Å². The lowest BCUT2D eigenvalue weighted by atomic mass is 9.99. The molecule has 1 rings (SSSR count). The van der Waals surface area contributed by atoms with Gasteiger partial charge >= 0.3 is 0 Å². The molecule has 0 fully saturated rings. The maximum atomic E-state index is 11.1. The van der Waals surface area contributed by atoms with Gasteiger partial charge in [0.25, 0.3) is 0 Å². The van der Waals surface area contributed by atoms with Gasteiger partial charge in [0.15, 0.2) is 0 Å². The van der Waals surface area contributed by atoms with Gasteiger partial charge in [-0.1, -0.05) is 43.6 Å². The molecule has 0 N–H and O–H groups in total. The highest BCUT2D eigenvalue weighted by atomic mass is 35.7. The highest BCUT2D eigenvalue weighted by Crippen LogP contribution is 2.19. The maximum absolute atomic E-state index is 11.1. The highest BCUT2D eigenvalue weighted by Gasteiger charge is 2.20. The first-order chi connectivity index (χ1) is 8.79. The molecule has 0 amide bonds. The second-order valence-corrected chi connectivity index (χ2v) is 8.04. The second-order valence-electron chi connectivity index (χ2n) is 4.82. The first-order valence-corrected chi connectivity index (χ1v) is 8.88. The molecule has 1 aromatic rings. The summed E-state index contributed by atoms with van der Waals surface area (Å²) < 4.78 is 27.8. The van der Waals surface area contributed by atoms with Gasteiger partial charge < -0.3 is 4.74 Å². The Morgan fingerprint density at radius 1 is 1.26 bits per heavy atom. The molecule has 0 aliphatic carbocycles. The fourth-order valence-electron chi connectivity index (χ4n) is 1.62. The minimum absolute atomic E-state index is 0.0747. The zero-order chi connectivity index (χ0) is 14.5. The van der Waals surface area contributed by atoms with E-state index >= 15 is 0 Å². The Hall–Kier alpha value is -0.290. The third-order valence-corrected chi connectivity index (χ3v) is 4.48. The number of benzene rings is 1. The van der Waals surface area contributed by atoms with Crippen LogP contribution in [0.2, 0.25) is 5.02 Å². The maximum Gasteiger partial charge on any atom is 0.232 e. The van der Waals surface area contributed by atoms with Gasteiger partial charge in [-0.3, -0.25) is 0 Å². The summed E-state index contributed by atoms with van der Waals surface area (Å²) in [6.45, 7) is 4.61. The Morgan fingerprint density at radius 2 is 1.89 bits per heavy atom. The minimum Gasteiger partial charge on any atom is -0.376 e. The smallest absolute Gasteiger partial charge is 0.232 e. The summed E-state index contributed by atoms with van der Waals surface area (Å²) in [5.41, 5.74) is 0.889. The van der Waals surface area contributed by atoms with E-state index in [-0.39, 0.29) is 17.6 Å². The third kappa shape index (κ3) is 6.61. The molecule has 19 heavy (non-hydrogen) atoms. The molecule has 1 aromatic carbocycles. The van der Waals surface area contributed by atoms with Crippen LogP contribution in [-0.4, -0.2) is 20.8 Å². The van der Waals surface area contributed by atoms with Crippen molar-refractivity contribution >= 4 is 31.3 Å². The van der Waals surface area contributed by atoms with Gasteiger partial charge in [0.1, 0.15) is 0 Å². The number of ether oxygens (including phenoxy) is 1. The van der Waals surface area contributed by atoms with Crippen molar-refractivity contribution in [1.82, 2.24) is 0 Å². The summed E-state index contributed by atoms with van der Waals surface area (Å²) in [6.07, 6.45) is 0. The monoisotopic (exact) mass is 324 g/mol. The van der Waals surface area contributed by atoms with E-state index in [1.54, 1.807) is 6.07 Å². The quantitative estimate of drug-likeness (QED) is 0.718. The Morgan fingerprint density at radius 3 is 2.42 bits per heavy atom. The van der Waals surface area contributed by atoms with E-state index in [1.807, 2.05) is 32.0 Å². The van der Waals surface area contributed by atoms with Gasteiger partial charge in [-0.25, -0.2) is 8.42 Å². The lowest BCUT2D eigenvalue weighted by Crippen LogP contribution is -2.23. The van der Waals surface area contributed by atoms with Crippen molar-refractivity contribution in [1.29, 1.82) is 0 Å². The Labute approximate surface area is 124 Å². The van der Waals surface area contributed by atoms with Crippen LogP contribution >= 0.6 is 22.3 Å². The fourth-order valence-corrected chi connectivity index (χ4v) is 3.29. The lowest BCUT2D eigenvalue weighted by Gasteiger charge is -2.19. The average Bonchev–Trinajstić information content (AvgIpc) is 2.28. The second kappa shape index (κ2) is 7.48. The largest absolute Gasteiger partial charge is 0.376 e. The molecule has 0 saturated carbocycles. The molecule has 1 unspecified atom stereocenters. The van der Waals surface area contributed by atoms with Crippen molar-refractivity contribution in [3.05, 3.63) is 34.9 Å². The SMILES string of the molecule is CC(C)C(COCc1ccccc1Cl)CS(=O)(=O)Cl. The molecule has 0 aliphatic rings. The number of rotatable bonds is 7. The predicted octanol–water partition coefficient (Wildman–Crippen LogP) is 3.70. The molecule has 0 spiro atoms. The summed E-state index contributed by atoms with van der Waals surface area (Å²) in [5, 5.41) is 0.647. The average molecular weight is 325 g/mol. The minimum atomic E-state index is -3.51. The molecule has 3 nitrogen and oxygen atoms in total. The highest BCUT2D eigenvalue weighted by molar-refractivity contribution is 8.13. The van der Waals surface area contributed by atoms with Crippen molar-refractivity contribution in [3.63, 3.8) is 0 Å². The zero-order valence-electron chi connectivity index (χ0n) is 11.0. The number of halogens is 2. The van der Waals surface area contributed by atoms with Gasteiger partial charge in [-0.2, -0.15) is 0 Å². The van der Waals surface area contributed by atoms with E-state index in [0.717, 1.165) is 5.56 Å². The fraction of sp³-hybridized carbons (Fsp3) is 0.538. The van der Waals surface area contributed by atoms with Crippen molar-refractivity contribution in [3.8, 4) is 0 Å². The van der Waals surface area contributed by atoms with E-state index in [1.165, 1.54) is 0 Å². The summed E-state index contributed by atoms with van der Waals surface area (Å²) in [5.74, 6) is -0.0147. The molecule has 0 aliphatic heterocycles. The molecular formula is C13H18Cl2O3S. The van der Waals surface area contributed by atoms with Gasteiger partial charge in [0.05, 0.1) is 19.0 Å². The topological polar surface area (TPSA) is 43.4 Å². The van der Waals surface area contributed by atoms with Crippen LogP contribution in [0.1, 0.15) is 19.4 Å². The predicted molar refractivity (Wildman–Crippen MR) is 79.1 cm³/mol. The van der Waals surface area contributed by atoms with E-state index in [4.69, 9.17) is 27.0 Å². The first kappa shape index (κ1) is 16.8. The Balaban J connectivity index is 2.52. The third-order valence-electron chi connectivity index (χ3n) is 2.90. The van der Waals surface area contributed by atoms with E-state index in [9.17, 15) is 8.42 Å². The van der Waals surface area contributed by atoms with Gasteiger partial charge in [-0.05, 0) is 23.5 Å². The standard InChI is InChI=1S/C13H18Cl2O3S/c1-10(2)12(9-19(15,16)17)8-18-7-11-5-3-4-6-13(11)14/h3-6,10,12H,7-9H2,1-2H3.